The van der Waals surface area contributed by atoms with E-state index in [0.717, 1.165) is 12.0 Å². The number of halogens is 1. The van der Waals surface area contributed by atoms with Gasteiger partial charge >= 0.3 is 0 Å². The summed E-state index contributed by atoms with van der Waals surface area (Å²) >= 11 is 5.95. The monoisotopic (exact) mass is 424 g/mol. The van der Waals surface area contributed by atoms with E-state index in [2.05, 4.69) is 6.92 Å². The van der Waals surface area contributed by atoms with Crippen molar-refractivity contribution in [1.82, 2.24) is 0 Å². The number of Topliss-reactive ketones (excluding diaryl/α,β-unsaturated/α-hetero) is 1. The summed E-state index contributed by atoms with van der Waals surface area (Å²) in [6, 6.07) is 12.2. The quantitative estimate of drug-likeness (QED) is 0.490. The van der Waals surface area contributed by atoms with Crippen LogP contribution in [0.3, 0.4) is 0 Å². The molecule has 0 spiro atoms. The van der Waals surface area contributed by atoms with E-state index in [4.69, 9.17) is 11.6 Å². The minimum atomic E-state index is -0.547. The average Bonchev–Trinajstić information content (AvgIpc) is 2.74. The van der Waals surface area contributed by atoms with Crippen LogP contribution in [0.15, 0.2) is 53.7 Å². The van der Waals surface area contributed by atoms with E-state index < -0.39 is 4.92 Å². The smallest absolute Gasteiger partial charge is 0.294 e. The van der Waals surface area contributed by atoms with Crippen molar-refractivity contribution >= 4 is 34.7 Å². The number of carbonyl (C=O) groups excluding carboxylic acids is 2. The zero-order chi connectivity index (χ0) is 21.4. The van der Waals surface area contributed by atoms with E-state index in [1.165, 1.54) is 28.7 Å². The van der Waals surface area contributed by atoms with Gasteiger partial charge in [0.1, 0.15) is 5.69 Å². The Kier molecular flexibility index (Phi) is 5.43. The average molecular weight is 425 g/mol. The van der Waals surface area contributed by atoms with Gasteiger partial charge in [-0.15, -0.1) is 0 Å². The lowest BCUT2D eigenvalue weighted by atomic mass is 9.77. The van der Waals surface area contributed by atoms with Crippen LogP contribution in [0.2, 0.25) is 5.02 Å². The van der Waals surface area contributed by atoms with Crippen molar-refractivity contribution in [3.05, 3.63) is 80.0 Å². The van der Waals surface area contributed by atoms with Crippen molar-refractivity contribution in [3.8, 4) is 0 Å². The first kappa shape index (κ1) is 20.3. The first-order chi connectivity index (χ1) is 14.4. The number of nitro groups is 1. The van der Waals surface area contributed by atoms with Crippen LogP contribution < -0.4 is 4.90 Å². The highest BCUT2D eigenvalue weighted by Crippen LogP contribution is 2.45. The molecule has 4 rings (SSSR count). The van der Waals surface area contributed by atoms with Crippen LogP contribution in [0.25, 0.3) is 0 Å². The molecule has 0 aromatic heterocycles. The Bertz CT molecular complexity index is 1080. The number of allylic oxidation sites excluding steroid dienone is 2. The molecule has 0 N–H and O–H groups in total. The third kappa shape index (κ3) is 3.52. The lowest BCUT2D eigenvalue weighted by Gasteiger charge is -2.38. The summed E-state index contributed by atoms with van der Waals surface area (Å²) in [5, 5.41) is 11.8. The highest BCUT2D eigenvalue weighted by atomic mass is 35.5. The molecule has 1 atom stereocenters. The van der Waals surface area contributed by atoms with Gasteiger partial charge in [0.2, 0.25) is 5.91 Å². The molecule has 1 amide bonds. The van der Waals surface area contributed by atoms with Crippen LogP contribution in [0.1, 0.15) is 49.7 Å². The summed E-state index contributed by atoms with van der Waals surface area (Å²) < 4.78 is 0. The maximum Gasteiger partial charge on any atom is 0.294 e. The third-order valence-corrected chi connectivity index (χ3v) is 6.08. The Hall–Kier alpha value is -2.99. The normalized spacial score (nSPS) is 19.1. The second-order valence-electron chi connectivity index (χ2n) is 7.61. The van der Waals surface area contributed by atoms with Gasteiger partial charge in [0.25, 0.3) is 5.69 Å². The van der Waals surface area contributed by atoms with Crippen LogP contribution in [0.5, 0.6) is 0 Å². The topological polar surface area (TPSA) is 80.5 Å². The molecule has 2 aromatic rings. The van der Waals surface area contributed by atoms with Crippen LogP contribution in [-0.2, 0) is 16.0 Å². The summed E-state index contributed by atoms with van der Waals surface area (Å²) in [4.78, 5) is 38.6. The molecule has 0 fully saturated rings. The first-order valence-electron chi connectivity index (χ1n) is 10.0. The van der Waals surface area contributed by atoms with Crippen molar-refractivity contribution < 1.29 is 14.5 Å². The van der Waals surface area contributed by atoms with Gasteiger partial charge in [-0.2, -0.15) is 0 Å². The van der Waals surface area contributed by atoms with E-state index in [1.807, 2.05) is 24.3 Å². The lowest BCUT2D eigenvalue weighted by molar-refractivity contribution is -0.384. The first-order valence-corrected chi connectivity index (χ1v) is 10.4. The number of anilines is 1. The molecule has 154 valence electrons. The molecule has 2 aliphatic rings. The standard InChI is InChI=1S/C23H21ClN2O4/c1-2-14-6-8-15(9-7-14)17-13-22(28)25(19-4-3-5-21(27)23(17)19)18-11-10-16(24)12-20(18)26(29)30/h6-12,17H,2-5,13H2,1H3. The number of nitro benzene ring substituents is 1. The third-order valence-electron chi connectivity index (χ3n) is 5.84. The number of hydrogen-bond donors (Lipinski definition) is 0. The number of rotatable bonds is 4. The number of carbonyl (C=O) groups is 2. The highest BCUT2D eigenvalue weighted by molar-refractivity contribution is 6.31. The van der Waals surface area contributed by atoms with Gasteiger partial charge < -0.3 is 0 Å². The number of amides is 1. The fourth-order valence-electron chi connectivity index (χ4n) is 4.37. The van der Waals surface area contributed by atoms with E-state index >= 15 is 0 Å². The van der Waals surface area contributed by atoms with Crippen molar-refractivity contribution in [1.29, 1.82) is 0 Å². The molecule has 0 saturated heterocycles. The van der Waals surface area contributed by atoms with Crippen molar-refractivity contribution in [2.75, 3.05) is 4.90 Å². The highest BCUT2D eigenvalue weighted by Gasteiger charge is 2.41. The Labute approximate surface area is 179 Å². The molecule has 0 bridgehead atoms. The molecule has 6 nitrogen and oxygen atoms in total. The molecule has 1 unspecified atom stereocenters. The molecule has 1 heterocycles. The van der Waals surface area contributed by atoms with E-state index in [1.54, 1.807) is 0 Å². The summed E-state index contributed by atoms with van der Waals surface area (Å²) in [5.74, 6) is -0.567. The molecule has 1 aliphatic heterocycles. The molecule has 2 aromatic carbocycles. The summed E-state index contributed by atoms with van der Waals surface area (Å²) in [6.45, 7) is 2.07. The Morgan fingerprint density at radius 3 is 2.53 bits per heavy atom. The fraction of sp³-hybridized carbons (Fsp3) is 0.304. The second-order valence-corrected chi connectivity index (χ2v) is 8.04. The maximum atomic E-state index is 13.2. The zero-order valence-corrected chi connectivity index (χ0v) is 17.3. The van der Waals surface area contributed by atoms with Crippen molar-refractivity contribution in [2.45, 2.75) is 44.9 Å². The van der Waals surface area contributed by atoms with Crippen molar-refractivity contribution in [3.63, 3.8) is 0 Å². The van der Waals surface area contributed by atoms with Crippen LogP contribution >= 0.6 is 11.6 Å². The minimum Gasteiger partial charge on any atom is -0.294 e. The fourth-order valence-corrected chi connectivity index (χ4v) is 4.54. The molecule has 1 aliphatic carbocycles. The van der Waals surface area contributed by atoms with Crippen LogP contribution in [0.4, 0.5) is 11.4 Å². The lowest BCUT2D eigenvalue weighted by Crippen LogP contribution is -2.40. The van der Waals surface area contributed by atoms with Gasteiger partial charge in [-0.05, 0) is 42.5 Å². The predicted octanol–water partition coefficient (Wildman–Crippen LogP) is 5.34. The van der Waals surface area contributed by atoms with E-state index in [-0.39, 0.29) is 40.4 Å². The van der Waals surface area contributed by atoms with Gasteiger partial charge in [-0.25, -0.2) is 0 Å². The van der Waals surface area contributed by atoms with Crippen molar-refractivity contribution in [2.24, 2.45) is 0 Å². The molecule has 30 heavy (non-hydrogen) atoms. The Morgan fingerprint density at radius 1 is 1.13 bits per heavy atom. The summed E-state index contributed by atoms with van der Waals surface area (Å²) in [7, 11) is 0. The molecule has 0 radical (unpaired) electrons. The van der Waals surface area contributed by atoms with E-state index in [9.17, 15) is 19.7 Å². The molecule has 7 heteroatoms. The van der Waals surface area contributed by atoms with Gasteiger partial charge in [-0.3, -0.25) is 24.6 Å². The van der Waals surface area contributed by atoms with Gasteiger partial charge in [0, 0.05) is 41.1 Å². The van der Waals surface area contributed by atoms with E-state index in [0.29, 0.717) is 30.5 Å². The van der Waals surface area contributed by atoms with Crippen LogP contribution in [-0.4, -0.2) is 16.6 Å². The van der Waals surface area contributed by atoms with Gasteiger partial charge in [-0.1, -0.05) is 42.8 Å². The SMILES string of the molecule is CCc1ccc(C2CC(=O)N(c3ccc(Cl)cc3[N+](=O)[O-])C3=C2C(=O)CCC3)cc1. The number of hydrogen-bond acceptors (Lipinski definition) is 4. The summed E-state index contributed by atoms with van der Waals surface area (Å²) in [5.41, 5.74) is 3.21. The minimum absolute atomic E-state index is 0.00920. The number of ketones is 1. The zero-order valence-electron chi connectivity index (χ0n) is 16.6. The van der Waals surface area contributed by atoms with Gasteiger partial charge in [0.05, 0.1) is 4.92 Å². The second kappa shape index (κ2) is 8.03. The molecule has 0 saturated carbocycles. The Morgan fingerprint density at radius 2 is 1.87 bits per heavy atom. The molecular formula is C23H21ClN2O4. The predicted molar refractivity (Wildman–Crippen MR) is 115 cm³/mol. The molecular weight excluding hydrogens is 404 g/mol. The Balaban J connectivity index is 1.87. The number of aryl methyl sites for hydroxylation is 1. The summed E-state index contributed by atoms with van der Waals surface area (Å²) in [6.07, 6.45) is 2.56. The van der Waals surface area contributed by atoms with Crippen LogP contribution in [0, 0.1) is 10.1 Å². The number of nitrogens with zero attached hydrogens (tertiary/aromatic N) is 2. The van der Waals surface area contributed by atoms with Gasteiger partial charge in [0.15, 0.2) is 5.78 Å². The maximum absolute atomic E-state index is 13.2. The number of benzene rings is 2. The largest absolute Gasteiger partial charge is 0.294 e.